The lowest BCUT2D eigenvalue weighted by Gasteiger charge is -2.07. The van der Waals surface area contributed by atoms with E-state index in [2.05, 4.69) is 10.6 Å². The van der Waals surface area contributed by atoms with Crippen molar-refractivity contribution in [1.82, 2.24) is 5.32 Å². The molecule has 0 aromatic heterocycles. The van der Waals surface area contributed by atoms with Gasteiger partial charge in [0.05, 0.1) is 11.0 Å². The summed E-state index contributed by atoms with van der Waals surface area (Å²) in [5.74, 6) is -0.635. The van der Waals surface area contributed by atoms with Gasteiger partial charge >= 0.3 is 0 Å². The van der Waals surface area contributed by atoms with Crippen molar-refractivity contribution >= 4 is 17.3 Å². The van der Waals surface area contributed by atoms with Gasteiger partial charge in [0, 0.05) is 37.2 Å². The fraction of sp³-hybridized carbons (Fsp3) is 0.375. The second-order valence-electron chi connectivity index (χ2n) is 5.16. The SMILES string of the molecule is CC(C)OCCCN/C=C(/C#N)C(=O)Nc1cccc([N+](=O)[O-])c1. The summed E-state index contributed by atoms with van der Waals surface area (Å²) in [4.78, 5) is 22.1. The Morgan fingerprint density at radius 3 is 2.88 bits per heavy atom. The zero-order chi connectivity index (χ0) is 17.9. The molecule has 2 N–H and O–H groups in total. The fourth-order valence-corrected chi connectivity index (χ4v) is 1.71. The largest absolute Gasteiger partial charge is 0.390 e. The van der Waals surface area contributed by atoms with Gasteiger partial charge in [-0.1, -0.05) is 6.07 Å². The lowest BCUT2D eigenvalue weighted by molar-refractivity contribution is -0.384. The number of hydrogen-bond donors (Lipinski definition) is 2. The maximum atomic E-state index is 12.0. The number of amides is 1. The van der Waals surface area contributed by atoms with E-state index in [0.29, 0.717) is 13.2 Å². The van der Waals surface area contributed by atoms with Crippen LogP contribution in [0.25, 0.3) is 0 Å². The smallest absolute Gasteiger partial charge is 0.271 e. The Balaban J connectivity index is 2.54. The molecule has 0 unspecified atom stereocenters. The average Bonchev–Trinajstić information content (AvgIpc) is 2.54. The molecule has 0 fully saturated rings. The Morgan fingerprint density at radius 2 is 2.25 bits per heavy atom. The predicted octanol–water partition coefficient (Wildman–Crippen LogP) is 2.35. The minimum atomic E-state index is -0.635. The molecule has 1 aromatic rings. The van der Waals surface area contributed by atoms with Crippen LogP contribution in [0.4, 0.5) is 11.4 Å². The second kappa shape index (κ2) is 9.97. The molecule has 0 heterocycles. The van der Waals surface area contributed by atoms with E-state index in [0.717, 1.165) is 6.42 Å². The number of rotatable bonds is 9. The van der Waals surface area contributed by atoms with Crippen molar-refractivity contribution in [1.29, 1.82) is 5.26 Å². The minimum Gasteiger partial charge on any atom is -0.390 e. The summed E-state index contributed by atoms with van der Waals surface area (Å²) in [7, 11) is 0. The van der Waals surface area contributed by atoms with E-state index in [4.69, 9.17) is 10.00 Å². The third-order valence-corrected chi connectivity index (χ3v) is 2.84. The first-order valence-corrected chi connectivity index (χ1v) is 7.45. The summed E-state index contributed by atoms with van der Waals surface area (Å²) in [5.41, 5.74) is -0.00877. The number of carbonyl (C=O) groups is 1. The monoisotopic (exact) mass is 332 g/mol. The Morgan fingerprint density at radius 1 is 1.50 bits per heavy atom. The van der Waals surface area contributed by atoms with Crippen LogP contribution >= 0.6 is 0 Å². The summed E-state index contributed by atoms with van der Waals surface area (Å²) in [6, 6.07) is 7.30. The third-order valence-electron chi connectivity index (χ3n) is 2.84. The minimum absolute atomic E-state index is 0.119. The first-order chi connectivity index (χ1) is 11.4. The molecule has 128 valence electrons. The lowest BCUT2D eigenvalue weighted by atomic mass is 10.2. The molecule has 0 aliphatic heterocycles. The highest BCUT2D eigenvalue weighted by molar-refractivity contribution is 6.06. The fourth-order valence-electron chi connectivity index (χ4n) is 1.71. The number of hydrogen-bond acceptors (Lipinski definition) is 6. The van der Waals surface area contributed by atoms with Crippen molar-refractivity contribution in [3.05, 3.63) is 46.2 Å². The highest BCUT2D eigenvalue weighted by Crippen LogP contribution is 2.17. The Kier molecular flexibility index (Phi) is 7.94. The van der Waals surface area contributed by atoms with Crippen LogP contribution in [-0.2, 0) is 9.53 Å². The van der Waals surface area contributed by atoms with Crippen molar-refractivity contribution in [2.24, 2.45) is 0 Å². The molecule has 1 aromatic carbocycles. The van der Waals surface area contributed by atoms with Crippen LogP contribution in [0, 0.1) is 21.4 Å². The van der Waals surface area contributed by atoms with E-state index in [1.54, 1.807) is 6.07 Å². The molecule has 0 saturated carbocycles. The van der Waals surface area contributed by atoms with Crippen molar-refractivity contribution in [2.45, 2.75) is 26.4 Å². The van der Waals surface area contributed by atoms with E-state index in [-0.39, 0.29) is 23.1 Å². The molecule has 0 aliphatic rings. The number of nitro benzene ring substituents is 1. The number of carbonyl (C=O) groups excluding carboxylic acids is 1. The van der Waals surface area contributed by atoms with Gasteiger partial charge in [-0.15, -0.1) is 0 Å². The molecular weight excluding hydrogens is 312 g/mol. The van der Waals surface area contributed by atoms with Gasteiger partial charge in [0.1, 0.15) is 11.6 Å². The highest BCUT2D eigenvalue weighted by atomic mass is 16.6. The third kappa shape index (κ3) is 6.89. The number of ether oxygens (including phenoxy) is 1. The molecule has 0 bridgehead atoms. The quantitative estimate of drug-likeness (QED) is 0.236. The summed E-state index contributed by atoms with van der Waals surface area (Å²) >= 11 is 0. The van der Waals surface area contributed by atoms with Gasteiger partial charge in [0.25, 0.3) is 11.6 Å². The number of nitro groups is 1. The van der Waals surface area contributed by atoms with Crippen LogP contribution in [0.15, 0.2) is 36.0 Å². The highest BCUT2D eigenvalue weighted by Gasteiger charge is 2.11. The maximum absolute atomic E-state index is 12.0. The van der Waals surface area contributed by atoms with Crippen molar-refractivity contribution in [2.75, 3.05) is 18.5 Å². The normalized spacial score (nSPS) is 11.0. The van der Waals surface area contributed by atoms with E-state index in [1.807, 2.05) is 13.8 Å². The molecule has 0 saturated heterocycles. The summed E-state index contributed by atoms with van der Waals surface area (Å²) < 4.78 is 5.37. The zero-order valence-electron chi connectivity index (χ0n) is 13.6. The van der Waals surface area contributed by atoms with Crippen LogP contribution in [0.3, 0.4) is 0 Å². The van der Waals surface area contributed by atoms with Crippen molar-refractivity contribution in [3.63, 3.8) is 0 Å². The summed E-state index contributed by atoms with van der Waals surface area (Å²) in [5, 5.41) is 25.1. The van der Waals surface area contributed by atoms with E-state index >= 15 is 0 Å². The van der Waals surface area contributed by atoms with Crippen molar-refractivity contribution < 1.29 is 14.5 Å². The van der Waals surface area contributed by atoms with Crippen LogP contribution in [0.2, 0.25) is 0 Å². The number of anilines is 1. The Labute approximate surface area is 140 Å². The molecule has 1 amide bonds. The second-order valence-corrected chi connectivity index (χ2v) is 5.16. The topological polar surface area (TPSA) is 117 Å². The number of benzene rings is 1. The van der Waals surface area contributed by atoms with Gasteiger partial charge in [-0.05, 0) is 26.3 Å². The molecule has 0 radical (unpaired) electrons. The predicted molar refractivity (Wildman–Crippen MR) is 89.1 cm³/mol. The molecule has 8 heteroatoms. The average molecular weight is 332 g/mol. The molecule has 8 nitrogen and oxygen atoms in total. The Hall–Kier alpha value is -2.92. The van der Waals surface area contributed by atoms with Crippen molar-refractivity contribution in [3.8, 4) is 6.07 Å². The number of non-ortho nitro benzene ring substituents is 1. The molecule has 1 rings (SSSR count). The van der Waals surface area contributed by atoms with Crippen LogP contribution in [0.1, 0.15) is 20.3 Å². The first-order valence-electron chi connectivity index (χ1n) is 7.45. The molecular formula is C16H20N4O4. The number of nitriles is 1. The van der Waals surface area contributed by atoms with E-state index in [9.17, 15) is 14.9 Å². The van der Waals surface area contributed by atoms with E-state index < -0.39 is 10.8 Å². The molecule has 24 heavy (non-hydrogen) atoms. The van der Waals surface area contributed by atoms with Gasteiger partial charge in [-0.25, -0.2) is 0 Å². The summed E-state index contributed by atoms with van der Waals surface area (Å²) in [6.45, 7) is 5.03. The van der Waals surface area contributed by atoms with Crippen LogP contribution in [-0.4, -0.2) is 30.1 Å². The maximum Gasteiger partial charge on any atom is 0.271 e. The standard InChI is InChI=1S/C16H20N4O4/c1-12(2)24-8-4-7-18-11-13(10-17)16(21)19-14-5-3-6-15(9-14)20(22)23/h3,5-6,9,11-12,18H,4,7-8H2,1-2H3,(H,19,21)/b13-11-. The van der Waals surface area contributed by atoms with Crippen LogP contribution < -0.4 is 10.6 Å². The van der Waals surface area contributed by atoms with E-state index in [1.165, 1.54) is 30.5 Å². The zero-order valence-corrected chi connectivity index (χ0v) is 13.6. The molecule has 0 aliphatic carbocycles. The Bertz CT molecular complexity index is 650. The molecule has 0 spiro atoms. The van der Waals surface area contributed by atoms with Gasteiger partial charge in [-0.2, -0.15) is 5.26 Å². The van der Waals surface area contributed by atoms with Crippen LogP contribution in [0.5, 0.6) is 0 Å². The molecule has 0 atom stereocenters. The lowest BCUT2D eigenvalue weighted by Crippen LogP contribution is -2.18. The first kappa shape index (κ1) is 19.1. The summed E-state index contributed by atoms with van der Waals surface area (Å²) in [6.07, 6.45) is 2.22. The van der Waals surface area contributed by atoms with Gasteiger partial charge in [0.15, 0.2) is 0 Å². The van der Waals surface area contributed by atoms with Gasteiger partial charge < -0.3 is 15.4 Å². The number of nitrogens with zero attached hydrogens (tertiary/aromatic N) is 2. The number of nitrogens with one attached hydrogen (secondary N) is 2. The van der Waals surface area contributed by atoms with Gasteiger partial charge in [0.2, 0.25) is 0 Å². The van der Waals surface area contributed by atoms with Gasteiger partial charge in [-0.3, -0.25) is 14.9 Å².